The Hall–Kier alpha value is -2.29. The molecule has 154 valence electrons. The van der Waals surface area contributed by atoms with Gasteiger partial charge in [0.1, 0.15) is 16.2 Å². The molecule has 1 aromatic carbocycles. The number of fused-ring (bicyclic) bond motifs is 1. The molecule has 0 fully saturated rings. The van der Waals surface area contributed by atoms with E-state index in [1.807, 2.05) is 23.6 Å². The van der Waals surface area contributed by atoms with Crippen LogP contribution in [0.2, 0.25) is 0 Å². The van der Waals surface area contributed by atoms with E-state index in [-0.39, 0.29) is 5.91 Å². The highest BCUT2D eigenvalue weighted by atomic mass is 32.2. The molecule has 0 N–H and O–H groups in total. The first-order chi connectivity index (χ1) is 14.3. The van der Waals surface area contributed by atoms with Crippen LogP contribution in [0.4, 0.5) is 10.8 Å². The molecule has 30 heavy (non-hydrogen) atoms. The topological polar surface area (TPSA) is 59.0 Å². The summed E-state index contributed by atoms with van der Waals surface area (Å²) in [6.07, 6.45) is 1.63. The van der Waals surface area contributed by atoms with Gasteiger partial charge in [-0.15, -0.1) is 22.7 Å². The molecule has 0 aliphatic heterocycles. The highest BCUT2D eigenvalue weighted by Gasteiger charge is 2.19. The highest BCUT2D eigenvalue weighted by Crippen LogP contribution is 2.36. The number of benzene rings is 1. The third kappa shape index (κ3) is 3.99. The number of thiazole rings is 1. The van der Waals surface area contributed by atoms with Crippen LogP contribution in [0.25, 0.3) is 10.2 Å². The molecule has 0 saturated heterocycles. The first kappa shape index (κ1) is 21.0. The van der Waals surface area contributed by atoms with Gasteiger partial charge in [0.2, 0.25) is 5.91 Å². The number of amides is 1. The van der Waals surface area contributed by atoms with Crippen molar-refractivity contribution in [1.82, 2.24) is 15.0 Å². The van der Waals surface area contributed by atoms with Gasteiger partial charge >= 0.3 is 0 Å². The van der Waals surface area contributed by atoms with Crippen LogP contribution in [-0.4, -0.2) is 20.9 Å². The smallest absolute Gasteiger partial charge is 0.230 e. The average Bonchev–Trinajstić information content (AvgIpc) is 3.28. The van der Waals surface area contributed by atoms with E-state index in [1.54, 1.807) is 41.2 Å². The van der Waals surface area contributed by atoms with Crippen molar-refractivity contribution in [3.63, 3.8) is 0 Å². The van der Waals surface area contributed by atoms with E-state index in [2.05, 4.69) is 37.7 Å². The number of hydrogen-bond acceptors (Lipinski definition) is 7. The maximum Gasteiger partial charge on any atom is 0.230 e. The van der Waals surface area contributed by atoms with Crippen LogP contribution in [0.5, 0.6) is 0 Å². The maximum absolute atomic E-state index is 12.4. The largest absolute Gasteiger partial charge is 0.274 e. The van der Waals surface area contributed by atoms with E-state index >= 15 is 0 Å². The molecule has 0 unspecified atom stereocenters. The lowest BCUT2D eigenvalue weighted by molar-refractivity contribution is -0.115. The monoisotopic (exact) mass is 454 g/mol. The minimum absolute atomic E-state index is 0.0475. The van der Waals surface area contributed by atoms with Gasteiger partial charge in [-0.05, 0) is 56.5 Å². The summed E-state index contributed by atoms with van der Waals surface area (Å²) in [5, 5.41) is 4.83. The lowest BCUT2D eigenvalue weighted by atomic mass is 10.1. The maximum atomic E-state index is 12.4. The van der Waals surface area contributed by atoms with Gasteiger partial charge in [0, 0.05) is 28.3 Å². The second-order valence-corrected chi connectivity index (χ2v) is 10.2. The summed E-state index contributed by atoms with van der Waals surface area (Å²) in [4.78, 5) is 30.0. The predicted octanol–water partition coefficient (Wildman–Crippen LogP) is 6.36. The Kier molecular flexibility index (Phi) is 5.90. The van der Waals surface area contributed by atoms with E-state index in [9.17, 15) is 4.79 Å². The van der Waals surface area contributed by atoms with Gasteiger partial charge in [0.25, 0.3) is 0 Å². The second-order valence-electron chi connectivity index (χ2n) is 7.18. The van der Waals surface area contributed by atoms with Crippen molar-refractivity contribution in [2.75, 3.05) is 4.90 Å². The van der Waals surface area contributed by atoms with Gasteiger partial charge in [-0.1, -0.05) is 17.8 Å². The van der Waals surface area contributed by atoms with E-state index < -0.39 is 0 Å². The van der Waals surface area contributed by atoms with Crippen molar-refractivity contribution in [1.29, 1.82) is 0 Å². The zero-order valence-corrected chi connectivity index (χ0v) is 20.0. The number of nitrogens with zero attached hydrogens (tertiary/aromatic N) is 4. The molecule has 0 bridgehead atoms. The summed E-state index contributed by atoms with van der Waals surface area (Å²) in [6, 6.07) is 6.04. The summed E-state index contributed by atoms with van der Waals surface area (Å²) >= 11 is 4.85. The number of carbonyl (C=O) groups is 1. The predicted molar refractivity (Wildman–Crippen MR) is 127 cm³/mol. The van der Waals surface area contributed by atoms with E-state index in [4.69, 9.17) is 4.98 Å². The molecule has 0 radical (unpaired) electrons. The van der Waals surface area contributed by atoms with Crippen molar-refractivity contribution in [2.45, 2.75) is 45.4 Å². The highest BCUT2D eigenvalue weighted by molar-refractivity contribution is 7.98. The molecule has 0 spiro atoms. The summed E-state index contributed by atoms with van der Waals surface area (Å²) in [5.74, 6) is 0.643. The molecule has 4 aromatic rings. The molecule has 0 atom stereocenters. The Balaban J connectivity index is 1.58. The molecular weight excluding hydrogens is 432 g/mol. The van der Waals surface area contributed by atoms with Gasteiger partial charge in [-0.3, -0.25) is 9.69 Å². The SMILES string of the molecule is CC(=O)N(c1ccc(C)c(C)c1)c1nc(CSc2ncnc3sc(C)c(C)c23)cs1. The standard InChI is InChI=1S/C22H22N4OS3/c1-12-6-7-18(8-13(12)2)26(16(5)27)22-25-17(10-29-22)9-28-20-19-14(3)15(4)30-21(19)24-11-23-20/h6-8,10-11H,9H2,1-5H3. The van der Waals surface area contributed by atoms with Crippen molar-refractivity contribution < 1.29 is 4.79 Å². The summed E-state index contributed by atoms with van der Waals surface area (Å²) in [7, 11) is 0. The number of aromatic nitrogens is 3. The Morgan fingerprint density at radius 1 is 1.13 bits per heavy atom. The first-order valence-corrected chi connectivity index (χ1v) is 12.2. The Labute approximate surface area is 188 Å². The third-order valence-electron chi connectivity index (χ3n) is 5.08. The summed E-state index contributed by atoms with van der Waals surface area (Å²) < 4.78 is 0. The van der Waals surface area contributed by atoms with E-state index in [1.165, 1.54) is 27.3 Å². The number of thiophene rings is 1. The van der Waals surface area contributed by atoms with E-state index in [0.717, 1.165) is 32.2 Å². The quantitative estimate of drug-likeness (QED) is 0.259. The lowest BCUT2D eigenvalue weighted by Gasteiger charge is -2.19. The molecule has 8 heteroatoms. The molecule has 0 saturated carbocycles. The minimum atomic E-state index is -0.0475. The van der Waals surface area contributed by atoms with Crippen molar-refractivity contribution in [3.05, 3.63) is 57.2 Å². The fourth-order valence-electron chi connectivity index (χ4n) is 3.16. The summed E-state index contributed by atoms with van der Waals surface area (Å²) in [5.41, 5.74) is 5.39. The van der Waals surface area contributed by atoms with Crippen molar-refractivity contribution in [3.8, 4) is 0 Å². The van der Waals surface area contributed by atoms with Crippen LogP contribution in [-0.2, 0) is 10.5 Å². The zero-order chi connectivity index (χ0) is 21.4. The van der Waals surface area contributed by atoms with Gasteiger partial charge in [0.15, 0.2) is 5.13 Å². The molecule has 3 aromatic heterocycles. The fourth-order valence-corrected chi connectivity index (χ4v) is 6.16. The summed E-state index contributed by atoms with van der Waals surface area (Å²) in [6.45, 7) is 9.93. The number of thioether (sulfide) groups is 1. The van der Waals surface area contributed by atoms with E-state index in [0.29, 0.717) is 10.9 Å². The van der Waals surface area contributed by atoms with Crippen LogP contribution < -0.4 is 4.90 Å². The normalized spacial score (nSPS) is 11.2. The van der Waals surface area contributed by atoms with Crippen LogP contribution >= 0.6 is 34.4 Å². The van der Waals surface area contributed by atoms with Gasteiger partial charge in [0.05, 0.1) is 11.4 Å². The molecule has 3 heterocycles. The minimum Gasteiger partial charge on any atom is -0.274 e. The third-order valence-corrected chi connectivity index (χ3v) is 8.09. The van der Waals surface area contributed by atoms with Crippen molar-refractivity contribution in [2.24, 2.45) is 0 Å². The van der Waals surface area contributed by atoms with Crippen LogP contribution in [0, 0.1) is 27.7 Å². The fraction of sp³-hybridized carbons (Fsp3) is 0.273. The Bertz CT molecular complexity index is 1240. The van der Waals surface area contributed by atoms with Gasteiger partial charge in [-0.2, -0.15) is 0 Å². The number of hydrogen-bond donors (Lipinski definition) is 0. The lowest BCUT2D eigenvalue weighted by Crippen LogP contribution is -2.22. The Morgan fingerprint density at radius 2 is 1.93 bits per heavy atom. The molecule has 1 amide bonds. The zero-order valence-electron chi connectivity index (χ0n) is 17.5. The van der Waals surface area contributed by atoms with Crippen molar-refractivity contribution >= 4 is 61.4 Å². The van der Waals surface area contributed by atoms with Gasteiger partial charge in [-0.25, -0.2) is 15.0 Å². The molecule has 0 aliphatic carbocycles. The molecule has 5 nitrogen and oxygen atoms in total. The van der Waals surface area contributed by atoms with Crippen LogP contribution in [0.1, 0.15) is 34.2 Å². The second kappa shape index (κ2) is 8.45. The first-order valence-electron chi connectivity index (χ1n) is 9.51. The molecule has 0 aliphatic rings. The Morgan fingerprint density at radius 3 is 2.67 bits per heavy atom. The molecular formula is C22H22N4OS3. The number of aryl methyl sites for hydroxylation is 4. The average molecular weight is 455 g/mol. The van der Waals surface area contributed by atoms with Crippen LogP contribution in [0.3, 0.4) is 0 Å². The van der Waals surface area contributed by atoms with Gasteiger partial charge < -0.3 is 0 Å². The number of anilines is 2. The number of rotatable bonds is 5. The number of carbonyl (C=O) groups excluding carboxylic acids is 1. The van der Waals surface area contributed by atoms with Crippen LogP contribution in [0.15, 0.2) is 34.9 Å². The molecule has 4 rings (SSSR count).